The van der Waals surface area contributed by atoms with Crippen LogP contribution in [0.5, 0.6) is 0 Å². The molecule has 1 atom stereocenters. The van der Waals surface area contributed by atoms with Crippen LogP contribution in [0.1, 0.15) is 25.8 Å². The second-order valence-electron chi connectivity index (χ2n) is 3.85. The van der Waals surface area contributed by atoms with E-state index in [1.165, 1.54) is 0 Å². The Balaban J connectivity index is 2.68. The molecule has 0 radical (unpaired) electrons. The quantitative estimate of drug-likeness (QED) is 0.719. The van der Waals surface area contributed by atoms with Crippen molar-refractivity contribution in [3.8, 4) is 0 Å². The second-order valence-corrected chi connectivity index (χ2v) is 3.85. The molecular weight excluding hydrogens is 176 g/mol. The van der Waals surface area contributed by atoms with E-state index in [0.717, 1.165) is 12.0 Å². The highest BCUT2D eigenvalue weighted by molar-refractivity contribution is 5.16. The fourth-order valence-electron chi connectivity index (χ4n) is 1.40. The average molecular weight is 194 g/mol. The Hall–Kier alpha value is -0.860. The van der Waals surface area contributed by atoms with Gasteiger partial charge < -0.3 is 10.2 Å². The van der Waals surface area contributed by atoms with E-state index in [1.807, 2.05) is 44.2 Å². The van der Waals surface area contributed by atoms with Crippen molar-refractivity contribution in [2.45, 2.75) is 32.5 Å². The highest BCUT2D eigenvalue weighted by Gasteiger charge is 2.29. The maximum absolute atomic E-state index is 9.79. The summed E-state index contributed by atoms with van der Waals surface area (Å²) in [5, 5.41) is 19.6. The molecule has 0 saturated heterocycles. The minimum Gasteiger partial charge on any atom is -0.365 e. The van der Waals surface area contributed by atoms with Crippen molar-refractivity contribution in [2.75, 3.05) is 0 Å². The van der Waals surface area contributed by atoms with Gasteiger partial charge in [-0.25, -0.2) is 0 Å². The molecule has 0 bridgehead atoms. The Labute approximate surface area is 85.2 Å². The third kappa shape index (κ3) is 2.82. The molecule has 2 nitrogen and oxygen atoms in total. The Morgan fingerprint density at radius 3 is 2.29 bits per heavy atom. The first-order chi connectivity index (χ1) is 6.56. The molecule has 0 heterocycles. The fourth-order valence-corrected chi connectivity index (χ4v) is 1.40. The van der Waals surface area contributed by atoms with Crippen LogP contribution >= 0.6 is 0 Å². The maximum Gasteiger partial charge on any atom is 0.169 e. The van der Waals surface area contributed by atoms with E-state index in [9.17, 15) is 10.2 Å². The normalized spacial score (nSPS) is 14.0. The molecule has 0 spiro atoms. The summed E-state index contributed by atoms with van der Waals surface area (Å²) in [6.45, 7) is 3.81. The van der Waals surface area contributed by atoms with Gasteiger partial charge in [0.1, 0.15) is 0 Å². The van der Waals surface area contributed by atoms with Crippen LogP contribution in [0.2, 0.25) is 0 Å². The molecule has 0 aliphatic rings. The van der Waals surface area contributed by atoms with E-state index < -0.39 is 5.79 Å². The molecule has 0 unspecified atom stereocenters. The topological polar surface area (TPSA) is 40.5 Å². The van der Waals surface area contributed by atoms with Crippen molar-refractivity contribution in [3.63, 3.8) is 0 Å². The lowest BCUT2D eigenvalue weighted by atomic mass is 9.92. The minimum atomic E-state index is -1.59. The van der Waals surface area contributed by atoms with Crippen LogP contribution in [0.15, 0.2) is 30.3 Å². The summed E-state index contributed by atoms with van der Waals surface area (Å²) in [4.78, 5) is 0. The van der Waals surface area contributed by atoms with Gasteiger partial charge in [-0.2, -0.15) is 0 Å². The lowest BCUT2D eigenvalue weighted by Crippen LogP contribution is -2.38. The lowest BCUT2D eigenvalue weighted by molar-refractivity contribution is -0.195. The Morgan fingerprint density at radius 2 is 1.79 bits per heavy atom. The molecular formula is C12H18O2. The predicted molar refractivity (Wildman–Crippen MR) is 56.8 cm³/mol. The van der Waals surface area contributed by atoms with Crippen LogP contribution in [0.25, 0.3) is 0 Å². The third-order valence-electron chi connectivity index (χ3n) is 2.71. The monoisotopic (exact) mass is 194 g/mol. The highest BCUT2D eigenvalue weighted by Crippen LogP contribution is 2.21. The largest absolute Gasteiger partial charge is 0.365 e. The molecule has 14 heavy (non-hydrogen) atoms. The Bertz CT molecular complexity index is 267. The number of aliphatic hydroxyl groups is 2. The van der Waals surface area contributed by atoms with E-state index in [2.05, 4.69) is 0 Å². The second kappa shape index (κ2) is 4.58. The minimum absolute atomic E-state index is 0.109. The van der Waals surface area contributed by atoms with Gasteiger partial charge in [0.25, 0.3) is 0 Å². The van der Waals surface area contributed by atoms with Gasteiger partial charge in [0.2, 0.25) is 0 Å². The molecule has 0 amide bonds. The van der Waals surface area contributed by atoms with Gasteiger partial charge >= 0.3 is 0 Å². The first-order valence-electron chi connectivity index (χ1n) is 5.05. The summed E-state index contributed by atoms with van der Waals surface area (Å²) < 4.78 is 0. The summed E-state index contributed by atoms with van der Waals surface area (Å²) in [6, 6.07) is 9.54. The van der Waals surface area contributed by atoms with Crippen LogP contribution in [0.4, 0.5) is 0 Å². The number of hydrogen-bond acceptors (Lipinski definition) is 2. The first-order valence-corrected chi connectivity index (χ1v) is 5.05. The van der Waals surface area contributed by atoms with Gasteiger partial charge in [-0.05, 0) is 12.0 Å². The van der Waals surface area contributed by atoms with Gasteiger partial charge in [-0.15, -0.1) is 0 Å². The van der Waals surface area contributed by atoms with E-state index in [0.29, 0.717) is 6.42 Å². The van der Waals surface area contributed by atoms with Crippen LogP contribution in [-0.4, -0.2) is 16.0 Å². The van der Waals surface area contributed by atoms with E-state index in [1.54, 1.807) is 0 Å². The summed E-state index contributed by atoms with van der Waals surface area (Å²) in [5.41, 5.74) is 0.956. The van der Waals surface area contributed by atoms with E-state index >= 15 is 0 Å². The predicted octanol–water partition coefficient (Wildman–Crippen LogP) is 1.96. The lowest BCUT2D eigenvalue weighted by Gasteiger charge is -2.27. The number of benzene rings is 1. The summed E-state index contributed by atoms with van der Waals surface area (Å²) in [5.74, 6) is -1.70. The SMILES string of the molecule is CC[C@@H](C)C(O)(O)Cc1ccccc1. The third-order valence-corrected chi connectivity index (χ3v) is 2.71. The Morgan fingerprint density at radius 1 is 1.21 bits per heavy atom. The molecule has 0 fully saturated rings. The van der Waals surface area contributed by atoms with Crippen molar-refractivity contribution in [3.05, 3.63) is 35.9 Å². The first kappa shape index (κ1) is 11.2. The molecule has 1 aromatic carbocycles. The Kier molecular flexibility index (Phi) is 3.67. The van der Waals surface area contributed by atoms with Crippen molar-refractivity contribution >= 4 is 0 Å². The molecule has 0 aromatic heterocycles. The average Bonchev–Trinajstić information content (AvgIpc) is 2.17. The molecule has 1 aromatic rings. The molecule has 0 aliphatic heterocycles. The molecule has 2 heteroatoms. The standard InChI is InChI=1S/C12H18O2/c1-3-10(2)12(13,14)9-11-7-5-4-6-8-11/h4-8,10,13-14H,3,9H2,1-2H3/t10-/m1/s1. The van der Waals surface area contributed by atoms with Crippen molar-refractivity contribution in [1.29, 1.82) is 0 Å². The molecule has 78 valence electrons. The van der Waals surface area contributed by atoms with E-state index in [4.69, 9.17) is 0 Å². The van der Waals surface area contributed by atoms with Crippen molar-refractivity contribution in [1.82, 2.24) is 0 Å². The zero-order valence-electron chi connectivity index (χ0n) is 8.77. The van der Waals surface area contributed by atoms with Crippen molar-refractivity contribution in [2.24, 2.45) is 5.92 Å². The molecule has 0 saturated carbocycles. The summed E-state index contributed by atoms with van der Waals surface area (Å²) >= 11 is 0. The fraction of sp³-hybridized carbons (Fsp3) is 0.500. The van der Waals surface area contributed by atoms with Gasteiger partial charge in [0.15, 0.2) is 5.79 Å². The summed E-state index contributed by atoms with van der Waals surface area (Å²) in [6.07, 6.45) is 1.06. The van der Waals surface area contributed by atoms with Crippen molar-refractivity contribution < 1.29 is 10.2 Å². The van der Waals surface area contributed by atoms with Crippen LogP contribution < -0.4 is 0 Å². The van der Waals surface area contributed by atoms with Crippen LogP contribution in [0.3, 0.4) is 0 Å². The zero-order chi connectivity index (χ0) is 10.6. The number of rotatable bonds is 4. The molecule has 2 N–H and O–H groups in total. The van der Waals surface area contributed by atoms with Crippen LogP contribution in [0, 0.1) is 5.92 Å². The van der Waals surface area contributed by atoms with E-state index in [-0.39, 0.29) is 5.92 Å². The van der Waals surface area contributed by atoms with Gasteiger partial charge in [0.05, 0.1) is 0 Å². The van der Waals surface area contributed by atoms with Gasteiger partial charge in [-0.1, -0.05) is 44.2 Å². The molecule has 0 aliphatic carbocycles. The highest BCUT2D eigenvalue weighted by atomic mass is 16.5. The molecule has 1 rings (SSSR count). The van der Waals surface area contributed by atoms with Crippen LogP contribution in [-0.2, 0) is 6.42 Å². The van der Waals surface area contributed by atoms with Gasteiger partial charge in [0, 0.05) is 12.3 Å². The summed E-state index contributed by atoms with van der Waals surface area (Å²) in [7, 11) is 0. The maximum atomic E-state index is 9.79. The smallest absolute Gasteiger partial charge is 0.169 e. The number of hydrogen-bond donors (Lipinski definition) is 2. The zero-order valence-corrected chi connectivity index (χ0v) is 8.77. The van der Waals surface area contributed by atoms with Gasteiger partial charge in [-0.3, -0.25) is 0 Å².